The first-order valence-corrected chi connectivity index (χ1v) is 7.18. The van der Waals surface area contributed by atoms with Crippen molar-refractivity contribution in [3.8, 4) is 11.1 Å². The molecule has 1 aromatic heterocycles. The first-order valence-electron chi connectivity index (χ1n) is 6.80. The Morgan fingerprint density at radius 1 is 1.05 bits per heavy atom. The third-order valence-corrected chi connectivity index (χ3v) is 3.83. The van der Waals surface area contributed by atoms with Gasteiger partial charge in [-0.25, -0.2) is 4.98 Å². The predicted molar refractivity (Wildman–Crippen MR) is 87.4 cm³/mol. The van der Waals surface area contributed by atoms with Gasteiger partial charge in [-0.05, 0) is 11.6 Å². The Kier molecular flexibility index (Phi) is 3.93. The van der Waals surface area contributed by atoms with E-state index in [1.807, 2.05) is 41.9 Å². The summed E-state index contributed by atoms with van der Waals surface area (Å²) in [7, 11) is 1.91. The van der Waals surface area contributed by atoms with Gasteiger partial charge in [0.15, 0.2) is 0 Å². The first kappa shape index (κ1) is 13.7. The summed E-state index contributed by atoms with van der Waals surface area (Å²) in [5.41, 5.74) is 3.46. The second-order valence-corrected chi connectivity index (χ2v) is 5.21. The van der Waals surface area contributed by atoms with Gasteiger partial charge in [-0.2, -0.15) is 0 Å². The molecule has 0 saturated heterocycles. The summed E-state index contributed by atoms with van der Waals surface area (Å²) >= 11 is 6.01. The van der Waals surface area contributed by atoms with Crippen molar-refractivity contribution < 1.29 is 0 Å². The average molecular weight is 298 g/mol. The second kappa shape index (κ2) is 6.02. The Balaban J connectivity index is 1.85. The van der Waals surface area contributed by atoms with Crippen LogP contribution in [0.2, 0.25) is 5.15 Å². The zero-order valence-corrected chi connectivity index (χ0v) is 12.5. The van der Waals surface area contributed by atoms with Gasteiger partial charge >= 0.3 is 0 Å². The molecule has 0 aliphatic heterocycles. The van der Waals surface area contributed by atoms with Crippen LogP contribution in [-0.4, -0.2) is 9.55 Å². The fraction of sp³-hybridized carbons (Fsp3) is 0.118. The fourth-order valence-corrected chi connectivity index (χ4v) is 2.42. The first-order chi connectivity index (χ1) is 10.3. The molecule has 0 bridgehead atoms. The molecule has 1 N–H and O–H groups in total. The fourth-order valence-electron chi connectivity index (χ4n) is 2.27. The normalized spacial score (nSPS) is 10.6. The minimum Gasteiger partial charge on any atom is -0.377 e. The summed E-state index contributed by atoms with van der Waals surface area (Å²) in [6.07, 6.45) is 1.67. The lowest BCUT2D eigenvalue weighted by atomic mass is 10.0. The molecule has 0 unspecified atom stereocenters. The van der Waals surface area contributed by atoms with Crippen molar-refractivity contribution in [1.29, 1.82) is 0 Å². The molecule has 0 fully saturated rings. The number of para-hydroxylation sites is 1. The molecule has 0 aliphatic carbocycles. The second-order valence-electron chi connectivity index (χ2n) is 4.82. The largest absolute Gasteiger partial charge is 0.377 e. The van der Waals surface area contributed by atoms with E-state index in [0.717, 1.165) is 11.5 Å². The molecule has 0 aliphatic rings. The van der Waals surface area contributed by atoms with Crippen LogP contribution >= 0.6 is 11.6 Å². The smallest absolute Gasteiger partial charge is 0.128 e. The van der Waals surface area contributed by atoms with Crippen LogP contribution in [0, 0.1) is 0 Å². The minimum absolute atomic E-state index is 0.632. The number of halogens is 1. The Hall–Kier alpha value is -2.26. The molecule has 0 amide bonds. The molecule has 2 aromatic carbocycles. The summed E-state index contributed by atoms with van der Waals surface area (Å²) in [5.74, 6) is 0.905. The SMILES string of the molecule is Cn1c(Cl)cnc1CNc1ccccc1-c1ccccc1. The Labute approximate surface area is 129 Å². The van der Waals surface area contributed by atoms with Crippen LogP contribution in [0.15, 0.2) is 60.8 Å². The summed E-state index contributed by atoms with van der Waals surface area (Å²) < 4.78 is 1.87. The van der Waals surface area contributed by atoms with E-state index >= 15 is 0 Å². The average Bonchev–Trinajstić information content (AvgIpc) is 2.86. The van der Waals surface area contributed by atoms with Crippen LogP contribution in [-0.2, 0) is 13.6 Å². The number of nitrogens with one attached hydrogen (secondary N) is 1. The number of nitrogens with zero attached hydrogens (tertiary/aromatic N) is 2. The van der Waals surface area contributed by atoms with Gasteiger partial charge in [0.25, 0.3) is 0 Å². The van der Waals surface area contributed by atoms with Crippen molar-refractivity contribution in [1.82, 2.24) is 9.55 Å². The van der Waals surface area contributed by atoms with E-state index < -0.39 is 0 Å². The lowest BCUT2D eigenvalue weighted by molar-refractivity contribution is 0.813. The van der Waals surface area contributed by atoms with Crippen LogP contribution in [0.4, 0.5) is 5.69 Å². The topological polar surface area (TPSA) is 29.9 Å². The quantitative estimate of drug-likeness (QED) is 0.776. The number of hydrogen-bond donors (Lipinski definition) is 1. The van der Waals surface area contributed by atoms with E-state index in [4.69, 9.17) is 11.6 Å². The zero-order valence-electron chi connectivity index (χ0n) is 11.8. The van der Waals surface area contributed by atoms with E-state index in [9.17, 15) is 0 Å². The maximum absolute atomic E-state index is 6.01. The third kappa shape index (κ3) is 2.93. The number of imidazole rings is 1. The lowest BCUT2D eigenvalue weighted by Gasteiger charge is -2.12. The molecule has 0 atom stereocenters. The van der Waals surface area contributed by atoms with Crippen LogP contribution in [0.3, 0.4) is 0 Å². The highest BCUT2D eigenvalue weighted by Crippen LogP contribution is 2.27. The van der Waals surface area contributed by atoms with Gasteiger partial charge in [0.05, 0.1) is 12.7 Å². The van der Waals surface area contributed by atoms with Crippen molar-refractivity contribution in [2.75, 3.05) is 5.32 Å². The number of anilines is 1. The third-order valence-electron chi connectivity index (χ3n) is 3.48. The lowest BCUT2D eigenvalue weighted by Crippen LogP contribution is -2.06. The number of hydrogen-bond acceptors (Lipinski definition) is 2. The van der Waals surface area contributed by atoms with E-state index in [1.165, 1.54) is 11.1 Å². The van der Waals surface area contributed by atoms with Gasteiger partial charge in [-0.1, -0.05) is 60.1 Å². The van der Waals surface area contributed by atoms with Gasteiger partial charge in [0.1, 0.15) is 11.0 Å². The maximum atomic E-state index is 6.01. The molecule has 3 rings (SSSR count). The molecule has 106 valence electrons. The van der Waals surface area contributed by atoms with Gasteiger partial charge in [-0.15, -0.1) is 0 Å². The Bertz CT molecular complexity index is 735. The molecule has 3 nitrogen and oxygen atoms in total. The van der Waals surface area contributed by atoms with Gasteiger partial charge in [0.2, 0.25) is 0 Å². The highest BCUT2D eigenvalue weighted by atomic mass is 35.5. The van der Waals surface area contributed by atoms with Crippen molar-refractivity contribution in [2.24, 2.45) is 7.05 Å². The minimum atomic E-state index is 0.632. The summed E-state index contributed by atoms with van der Waals surface area (Å²) in [6.45, 7) is 0.632. The van der Waals surface area contributed by atoms with Gasteiger partial charge in [0, 0.05) is 18.3 Å². The molecular formula is C17H16ClN3. The van der Waals surface area contributed by atoms with Crippen LogP contribution < -0.4 is 5.32 Å². The highest BCUT2D eigenvalue weighted by Gasteiger charge is 2.07. The molecule has 0 spiro atoms. The molecule has 4 heteroatoms. The van der Waals surface area contributed by atoms with Crippen LogP contribution in [0.5, 0.6) is 0 Å². The summed E-state index contributed by atoms with van der Waals surface area (Å²) in [4.78, 5) is 4.30. The molecule has 0 saturated carbocycles. The molecule has 3 aromatic rings. The van der Waals surface area contributed by atoms with E-state index in [2.05, 4.69) is 34.6 Å². The van der Waals surface area contributed by atoms with Crippen molar-refractivity contribution in [3.05, 3.63) is 71.8 Å². The van der Waals surface area contributed by atoms with Crippen LogP contribution in [0.25, 0.3) is 11.1 Å². The highest BCUT2D eigenvalue weighted by molar-refractivity contribution is 6.29. The Morgan fingerprint density at radius 2 is 1.76 bits per heavy atom. The van der Waals surface area contributed by atoms with Crippen molar-refractivity contribution >= 4 is 17.3 Å². The Morgan fingerprint density at radius 3 is 2.48 bits per heavy atom. The standard InChI is InChI=1S/C17H16ClN3/c1-21-16(18)11-20-17(21)12-19-15-10-6-5-9-14(15)13-7-3-2-4-8-13/h2-11,19H,12H2,1H3. The summed E-state index contributed by atoms with van der Waals surface area (Å²) in [5, 5.41) is 4.08. The van der Waals surface area contributed by atoms with Crippen LogP contribution in [0.1, 0.15) is 5.82 Å². The summed E-state index contributed by atoms with van der Waals surface area (Å²) in [6, 6.07) is 18.6. The van der Waals surface area contributed by atoms with Gasteiger partial charge in [-0.3, -0.25) is 0 Å². The number of benzene rings is 2. The molecule has 1 heterocycles. The number of rotatable bonds is 4. The van der Waals surface area contributed by atoms with E-state index in [-0.39, 0.29) is 0 Å². The van der Waals surface area contributed by atoms with Crippen molar-refractivity contribution in [2.45, 2.75) is 6.54 Å². The maximum Gasteiger partial charge on any atom is 0.128 e. The monoisotopic (exact) mass is 297 g/mol. The zero-order chi connectivity index (χ0) is 14.7. The molecule has 21 heavy (non-hydrogen) atoms. The van der Waals surface area contributed by atoms with E-state index in [0.29, 0.717) is 11.7 Å². The van der Waals surface area contributed by atoms with Crippen molar-refractivity contribution in [3.63, 3.8) is 0 Å². The van der Waals surface area contributed by atoms with Gasteiger partial charge < -0.3 is 9.88 Å². The molecular weight excluding hydrogens is 282 g/mol. The van der Waals surface area contributed by atoms with E-state index in [1.54, 1.807) is 6.20 Å². The number of aromatic nitrogens is 2. The predicted octanol–water partition coefficient (Wildman–Crippen LogP) is 4.35. The molecule has 0 radical (unpaired) electrons.